The molecule has 0 heterocycles. The van der Waals surface area contributed by atoms with E-state index < -0.39 is 97.5 Å². The second-order valence-electron chi connectivity index (χ2n) is 26.1. The zero-order chi connectivity index (χ0) is 67.7. The molecule has 0 rings (SSSR count). The Morgan fingerprint density at radius 1 is 0.337 bits per heavy atom. The van der Waals surface area contributed by atoms with Crippen molar-refractivity contribution in [3.8, 4) is 0 Å². The molecule has 0 saturated heterocycles. The van der Waals surface area contributed by atoms with Crippen molar-refractivity contribution in [1.82, 2.24) is 0 Å². The molecule has 0 spiro atoms. The van der Waals surface area contributed by atoms with E-state index >= 15 is 0 Å². The standard InChI is InChI=1S/C73H138O17P2/c1-6-9-12-15-18-21-23-25-26-30-34-37-42-47-52-57-71(76)84-63-69(90-73(78)59-54-49-44-39-35-31-28-27-29-32-36-40-45-50-55-66(4)5)65-88-92(81,82)86-61-67(74)60-85-91(79,80)87-64-68(62-83-70(75)56-51-46-41-20-17-14-11-8-3)89-72(77)58-53-48-43-38-33-24-22-19-16-13-10-7-2/h21,23,25-26,66-69,74H,6-20,22,24,27-65H2,1-5H3,(H,79,80)(H,81,82)/b23-21-,26-25-/t67-,68+,69+/m0/s1. The third-order valence-corrected chi connectivity index (χ3v) is 18.3. The van der Waals surface area contributed by atoms with Gasteiger partial charge in [0.05, 0.1) is 26.4 Å². The molecular weight excluding hydrogens is 1210 g/mol. The second kappa shape index (κ2) is 65.8. The normalized spacial score (nSPS) is 14.2. The first-order valence-electron chi connectivity index (χ1n) is 37.5. The van der Waals surface area contributed by atoms with Crippen molar-refractivity contribution in [1.29, 1.82) is 0 Å². The number of phosphoric acid groups is 2. The van der Waals surface area contributed by atoms with Gasteiger partial charge in [0.25, 0.3) is 0 Å². The number of rotatable bonds is 71. The van der Waals surface area contributed by atoms with Gasteiger partial charge in [-0.3, -0.25) is 37.3 Å². The smallest absolute Gasteiger partial charge is 0.462 e. The highest BCUT2D eigenvalue weighted by atomic mass is 31.2. The summed E-state index contributed by atoms with van der Waals surface area (Å²) in [4.78, 5) is 72.6. The molecule has 0 fully saturated rings. The zero-order valence-electron chi connectivity index (χ0n) is 59.2. The predicted octanol–water partition coefficient (Wildman–Crippen LogP) is 20.9. The Bertz CT molecular complexity index is 1860. The minimum absolute atomic E-state index is 0.101. The van der Waals surface area contributed by atoms with Crippen LogP contribution in [0.15, 0.2) is 24.3 Å². The number of carbonyl (C=O) groups excluding carboxylic acids is 4. The number of hydrogen-bond donors (Lipinski definition) is 3. The SMILES string of the molecule is CCCCCC/C=C\C=C/CCCCCCCC(=O)OC[C@H](COP(=O)(O)OC[C@@H](O)COP(=O)(O)OC[C@@H](COC(=O)CCCCCCCCCC)OC(=O)CCCCCCCCCCCCCC)OC(=O)CCCCCCCCCCCCCCCCC(C)C. The summed E-state index contributed by atoms with van der Waals surface area (Å²) in [6.07, 6.45) is 56.3. The van der Waals surface area contributed by atoms with Gasteiger partial charge >= 0.3 is 39.5 Å². The number of ether oxygens (including phenoxy) is 4. The number of aliphatic hydroxyl groups excluding tert-OH is 1. The van der Waals surface area contributed by atoms with Crippen molar-refractivity contribution in [2.75, 3.05) is 39.6 Å². The topological polar surface area (TPSA) is 237 Å². The van der Waals surface area contributed by atoms with Crippen LogP contribution >= 0.6 is 15.6 Å². The molecule has 0 aromatic carbocycles. The van der Waals surface area contributed by atoms with E-state index in [-0.39, 0.29) is 25.7 Å². The Hall–Kier alpha value is -2.46. The van der Waals surface area contributed by atoms with E-state index in [0.717, 1.165) is 121 Å². The summed E-state index contributed by atoms with van der Waals surface area (Å²) in [5.41, 5.74) is 0. The van der Waals surface area contributed by atoms with E-state index in [1.807, 2.05) is 0 Å². The Morgan fingerprint density at radius 3 is 0.891 bits per heavy atom. The van der Waals surface area contributed by atoms with Crippen LogP contribution in [-0.4, -0.2) is 96.7 Å². The lowest BCUT2D eigenvalue weighted by atomic mass is 10.0. The van der Waals surface area contributed by atoms with Gasteiger partial charge < -0.3 is 33.8 Å². The summed E-state index contributed by atoms with van der Waals surface area (Å²) in [6.45, 7) is 7.20. The molecule has 19 heteroatoms. The molecule has 0 aliphatic carbocycles. The van der Waals surface area contributed by atoms with Crippen molar-refractivity contribution in [2.45, 2.75) is 374 Å². The molecule has 2 unspecified atom stereocenters. The minimum Gasteiger partial charge on any atom is -0.462 e. The van der Waals surface area contributed by atoms with Gasteiger partial charge in [-0.1, -0.05) is 303 Å². The lowest BCUT2D eigenvalue weighted by molar-refractivity contribution is -0.161. The van der Waals surface area contributed by atoms with Crippen LogP contribution < -0.4 is 0 Å². The second-order valence-corrected chi connectivity index (χ2v) is 29.0. The Balaban J connectivity index is 5.25. The van der Waals surface area contributed by atoms with Crippen molar-refractivity contribution in [2.24, 2.45) is 5.92 Å². The number of carbonyl (C=O) groups is 4. The van der Waals surface area contributed by atoms with Gasteiger partial charge in [-0.2, -0.15) is 0 Å². The summed E-state index contributed by atoms with van der Waals surface area (Å²) < 4.78 is 68.3. The molecule has 92 heavy (non-hydrogen) atoms. The summed E-state index contributed by atoms with van der Waals surface area (Å²) in [5, 5.41) is 10.6. The summed E-state index contributed by atoms with van der Waals surface area (Å²) in [6, 6.07) is 0. The zero-order valence-corrected chi connectivity index (χ0v) is 61.0. The van der Waals surface area contributed by atoms with Crippen LogP contribution in [0, 0.1) is 5.92 Å². The van der Waals surface area contributed by atoms with Crippen LogP contribution in [0.5, 0.6) is 0 Å². The quantitative estimate of drug-likeness (QED) is 0.0169. The fraction of sp³-hybridized carbons (Fsp3) is 0.890. The van der Waals surface area contributed by atoms with Gasteiger partial charge in [0, 0.05) is 25.7 Å². The molecular formula is C73H138O17P2. The first kappa shape index (κ1) is 89.5. The number of phosphoric ester groups is 2. The maximum absolute atomic E-state index is 13.0. The maximum Gasteiger partial charge on any atom is 0.472 e. The molecule has 0 radical (unpaired) electrons. The van der Waals surface area contributed by atoms with Crippen molar-refractivity contribution >= 4 is 39.5 Å². The highest BCUT2D eigenvalue weighted by Crippen LogP contribution is 2.45. The Kier molecular flexibility index (Phi) is 64.0. The molecule has 0 aromatic heterocycles. The van der Waals surface area contributed by atoms with E-state index in [0.29, 0.717) is 25.7 Å². The van der Waals surface area contributed by atoms with E-state index in [4.69, 9.17) is 37.0 Å². The van der Waals surface area contributed by atoms with Crippen LogP contribution in [-0.2, 0) is 65.4 Å². The number of esters is 4. The van der Waals surface area contributed by atoms with E-state index in [2.05, 4.69) is 58.9 Å². The lowest BCUT2D eigenvalue weighted by Crippen LogP contribution is -2.30. The van der Waals surface area contributed by atoms with Crippen molar-refractivity contribution in [3.63, 3.8) is 0 Å². The average Bonchev–Trinajstić information content (AvgIpc) is 3.11. The predicted molar refractivity (Wildman–Crippen MR) is 372 cm³/mol. The summed E-state index contributed by atoms with van der Waals surface area (Å²) in [7, 11) is -9.91. The number of aliphatic hydroxyl groups is 1. The third-order valence-electron chi connectivity index (χ3n) is 16.4. The van der Waals surface area contributed by atoms with Gasteiger partial charge in [0.1, 0.15) is 19.3 Å². The van der Waals surface area contributed by atoms with Crippen molar-refractivity contribution < 1.29 is 80.2 Å². The number of hydrogen-bond acceptors (Lipinski definition) is 15. The highest BCUT2D eigenvalue weighted by molar-refractivity contribution is 7.47. The fourth-order valence-corrected chi connectivity index (χ4v) is 12.2. The van der Waals surface area contributed by atoms with Gasteiger partial charge in [-0.05, 0) is 57.3 Å². The highest BCUT2D eigenvalue weighted by Gasteiger charge is 2.30. The molecule has 0 aromatic rings. The van der Waals surface area contributed by atoms with E-state index in [1.165, 1.54) is 154 Å². The molecule has 542 valence electrons. The van der Waals surface area contributed by atoms with E-state index in [9.17, 15) is 43.2 Å². The van der Waals surface area contributed by atoms with Crippen molar-refractivity contribution in [3.05, 3.63) is 24.3 Å². The molecule has 0 aliphatic heterocycles. The molecule has 0 saturated carbocycles. The first-order chi connectivity index (χ1) is 44.5. The lowest BCUT2D eigenvalue weighted by Gasteiger charge is -2.21. The van der Waals surface area contributed by atoms with Crippen LogP contribution in [0.4, 0.5) is 0 Å². The largest absolute Gasteiger partial charge is 0.472 e. The fourth-order valence-electron chi connectivity index (χ4n) is 10.6. The summed E-state index contributed by atoms with van der Waals surface area (Å²) >= 11 is 0. The van der Waals surface area contributed by atoms with Crippen LogP contribution in [0.1, 0.15) is 356 Å². The molecule has 0 aliphatic rings. The van der Waals surface area contributed by atoms with Gasteiger partial charge in [0.15, 0.2) is 12.2 Å². The van der Waals surface area contributed by atoms with Crippen LogP contribution in [0.25, 0.3) is 0 Å². The van der Waals surface area contributed by atoms with E-state index in [1.54, 1.807) is 0 Å². The van der Waals surface area contributed by atoms with Gasteiger partial charge in [0.2, 0.25) is 0 Å². The average molecular weight is 1350 g/mol. The third kappa shape index (κ3) is 66.2. The maximum atomic E-state index is 13.0. The number of unbranched alkanes of at least 4 members (excludes halogenated alkanes) is 40. The van der Waals surface area contributed by atoms with Crippen LogP contribution in [0.2, 0.25) is 0 Å². The monoisotopic (exact) mass is 1350 g/mol. The van der Waals surface area contributed by atoms with Crippen LogP contribution in [0.3, 0.4) is 0 Å². The first-order valence-corrected chi connectivity index (χ1v) is 40.4. The molecule has 5 atom stereocenters. The van der Waals surface area contributed by atoms with Gasteiger partial charge in [-0.15, -0.1) is 0 Å². The number of allylic oxidation sites excluding steroid dienone is 4. The van der Waals surface area contributed by atoms with Gasteiger partial charge in [-0.25, -0.2) is 9.13 Å². The summed E-state index contributed by atoms with van der Waals surface area (Å²) in [5.74, 6) is -1.36. The molecule has 3 N–H and O–H groups in total. The molecule has 0 amide bonds. The molecule has 0 bridgehead atoms. The Morgan fingerprint density at radius 2 is 0.587 bits per heavy atom. The molecule has 17 nitrogen and oxygen atoms in total. The Labute approximate surface area is 561 Å². The minimum atomic E-state index is -4.96.